The van der Waals surface area contributed by atoms with Crippen molar-refractivity contribution >= 4 is 28.0 Å². The molecule has 0 saturated carbocycles. The van der Waals surface area contributed by atoms with E-state index in [1.807, 2.05) is 20.8 Å². The van der Waals surface area contributed by atoms with E-state index in [2.05, 4.69) is 31.2 Å². The molecule has 7 heteroatoms. The lowest BCUT2D eigenvalue weighted by molar-refractivity contribution is 0.0235. The molecule has 116 valence electrons. The number of nitrogens with one attached hydrogen (secondary N) is 1. The average molecular weight is 357 g/mol. The molecule has 0 radical (unpaired) electrons. The summed E-state index contributed by atoms with van der Waals surface area (Å²) in [5.74, 6) is 0.564. The van der Waals surface area contributed by atoms with Gasteiger partial charge in [0.05, 0.1) is 10.5 Å². The molecule has 1 unspecified atom stereocenters. The van der Waals surface area contributed by atoms with Gasteiger partial charge in [-0.1, -0.05) is 0 Å². The number of carbonyl (C=O) groups is 1. The lowest BCUT2D eigenvalue weighted by atomic mass is 10.2. The minimum absolute atomic E-state index is 0.118. The molecular weight excluding hydrogens is 336 g/mol. The van der Waals surface area contributed by atoms with Crippen LogP contribution in [0.3, 0.4) is 0 Å². The Kier molecular flexibility index (Phi) is 5.03. The molecule has 2 rings (SSSR count). The third kappa shape index (κ3) is 4.84. The standard InChI is InChI=1S/C14H21BrN4O2/c1-14(2,3)21-13(20)19-6-4-5-11(19)9-18-12-16-7-10(15)8-17-12/h7-8,11H,4-6,9H2,1-3H3,(H,16,17,18). The molecule has 1 fully saturated rings. The van der Waals surface area contributed by atoms with Crippen molar-refractivity contribution < 1.29 is 9.53 Å². The number of nitrogens with zero attached hydrogens (tertiary/aromatic N) is 3. The van der Waals surface area contributed by atoms with Crippen molar-refractivity contribution in [3.8, 4) is 0 Å². The number of anilines is 1. The first-order valence-electron chi connectivity index (χ1n) is 7.06. The molecule has 1 aliphatic rings. The molecule has 1 aromatic rings. The van der Waals surface area contributed by atoms with Gasteiger partial charge in [0.1, 0.15) is 5.60 Å². The number of hydrogen-bond donors (Lipinski definition) is 1. The van der Waals surface area contributed by atoms with E-state index < -0.39 is 5.60 Å². The van der Waals surface area contributed by atoms with E-state index in [0.29, 0.717) is 12.5 Å². The number of rotatable bonds is 3. The van der Waals surface area contributed by atoms with Crippen molar-refractivity contribution in [1.82, 2.24) is 14.9 Å². The maximum atomic E-state index is 12.2. The smallest absolute Gasteiger partial charge is 0.410 e. The second-order valence-electron chi connectivity index (χ2n) is 6.08. The minimum Gasteiger partial charge on any atom is -0.444 e. The molecular formula is C14H21BrN4O2. The molecule has 1 amide bonds. The van der Waals surface area contributed by atoms with Crippen LogP contribution in [0.15, 0.2) is 16.9 Å². The lowest BCUT2D eigenvalue weighted by Crippen LogP contribution is -2.42. The predicted octanol–water partition coefficient (Wildman–Crippen LogP) is 3.05. The molecule has 1 atom stereocenters. The molecule has 1 saturated heterocycles. The fourth-order valence-electron chi connectivity index (χ4n) is 2.22. The molecule has 6 nitrogen and oxygen atoms in total. The van der Waals surface area contributed by atoms with Crippen molar-refractivity contribution in [2.24, 2.45) is 0 Å². The quantitative estimate of drug-likeness (QED) is 0.901. The Labute approximate surface area is 133 Å². The number of ether oxygens (including phenoxy) is 1. The molecule has 1 N–H and O–H groups in total. The third-order valence-electron chi connectivity index (χ3n) is 3.12. The number of halogens is 1. The Hall–Kier alpha value is -1.37. The number of hydrogen-bond acceptors (Lipinski definition) is 5. The van der Waals surface area contributed by atoms with E-state index in [1.54, 1.807) is 17.3 Å². The summed E-state index contributed by atoms with van der Waals surface area (Å²) in [7, 11) is 0. The highest BCUT2D eigenvalue weighted by Crippen LogP contribution is 2.21. The second-order valence-corrected chi connectivity index (χ2v) is 6.99. The minimum atomic E-state index is -0.466. The van der Waals surface area contributed by atoms with Crippen LogP contribution in [-0.2, 0) is 4.74 Å². The van der Waals surface area contributed by atoms with Gasteiger partial charge >= 0.3 is 6.09 Å². The van der Waals surface area contributed by atoms with Gasteiger partial charge in [0, 0.05) is 25.5 Å². The van der Waals surface area contributed by atoms with E-state index >= 15 is 0 Å². The van der Waals surface area contributed by atoms with Gasteiger partial charge in [0.2, 0.25) is 5.95 Å². The van der Waals surface area contributed by atoms with E-state index in [4.69, 9.17) is 4.74 Å². The SMILES string of the molecule is CC(C)(C)OC(=O)N1CCCC1CNc1ncc(Br)cn1. The molecule has 0 aromatic carbocycles. The fraction of sp³-hybridized carbons (Fsp3) is 0.643. The molecule has 1 aliphatic heterocycles. The Morgan fingerprint density at radius 1 is 1.48 bits per heavy atom. The van der Waals surface area contributed by atoms with Gasteiger partial charge in [-0.05, 0) is 49.5 Å². The van der Waals surface area contributed by atoms with Crippen molar-refractivity contribution in [2.45, 2.75) is 45.3 Å². The van der Waals surface area contributed by atoms with E-state index in [-0.39, 0.29) is 12.1 Å². The zero-order chi connectivity index (χ0) is 15.5. The van der Waals surface area contributed by atoms with Crippen molar-refractivity contribution in [3.05, 3.63) is 16.9 Å². The van der Waals surface area contributed by atoms with Crippen LogP contribution in [-0.4, -0.2) is 45.7 Å². The van der Waals surface area contributed by atoms with Gasteiger partial charge in [0.25, 0.3) is 0 Å². The normalized spacial score (nSPS) is 18.7. The second kappa shape index (κ2) is 6.60. The van der Waals surface area contributed by atoms with E-state index in [1.165, 1.54) is 0 Å². The van der Waals surface area contributed by atoms with E-state index in [0.717, 1.165) is 23.9 Å². The molecule has 2 heterocycles. The highest BCUT2D eigenvalue weighted by atomic mass is 79.9. The predicted molar refractivity (Wildman–Crippen MR) is 84.2 cm³/mol. The summed E-state index contributed by atoms with van der Waals surface area (Å²) in [6, 6.07) is 0.118. The summed E-state index contributed by atoms with van der Waals surface area (Å²) in [5, 5.41) is 3.17. The first-order valence-corrected chi connectivity index (χ1v) is 7.85. The maximum Gasteiger partial charge on any atom is 0.410 e. The molecule has 0 aliphatic carbocycles. The number of carbonyl (C=O) groups excluding carboxylic acids is 1. The topological polar surface area (TPSA) is 67.3 Å². The van der Waals surface area contributed by atoms with Crippen LogP contribution in [0.2, 0.25) is 0 Å². The van der Waals surface area contributed by atoms with Gasteiger partial charge in [-0.15, -0.1) is 0 Å². The number of likely N-dealkylation sites (tertiary alicyclic amines) is 1. The van der Waals surface area contributed by atoms with Crippen LogP contribution >= 0.6 is 15.9 Å². The Morgan fingerprint density at radius 3 is 2.76 bits per heavy atom. The molecule has 1 aromatic heterocycles. The van der Waals surface area contributed by atoms with Crippen LogP contribution < -0.4 is 5.32 Å². The summed E-state index contributed by atoms with van der Waals surface area (Å²) >= 11 is 3.30. The maximum absolute atomic E-state index is 12.2. The molecule has 0 bridgehead atoms. The Balaban J connectivity index is 1.90. The van der Waals surface area contributed by atoms with Crippen LogP contribution in [0, 0.1) is 0 Å². The first kappa shape index (κ1) is 16.0. The van der Waals surface area contributed by atoms with Gasteiger partial charge < -0.3 is 15.0 Å². The monoisotopic (exact) mass is 356 g/mol. The average Bonchev–Trinajstić information content (AvgIpc) is 2.84. The molecule has 0 spiro atoms. The van der Waals surface area contributed by atoms with Crippen LogP contribution in [0.5, 0.6) is 0 Å². The highest BCUT2D eigenvalue weighted by Gasteiger charge is 2.31. The summed E-state index contributed by atoms with van der Waals surface area (Å²) < 4.78 is 6.28. The Morgan fingerprint density at radius 2 is 2.14 bits per heavy atom. The largest absolute Gasteiger partial charge is 0.444 e. The van der Waals surface area contributed by atoms with Gasteiger partial charge in [0.15, 0.2) is 0 Å². The summed E-state index contributed by atoms with van der Waals surface area (Å²) in [6.07, 6.45) is 5.09. The zero-order valence-corrected chi connectivity index (χ0v) is 14.2. The lowest BCUT2D eigenvalue weighted by Gasteiger charge is -2.28. The van der Waals surface area contributed by atoms with Gasteiger partial charge in [-0.3, -0.25) is 0 Å². The highest BCUT2D eigenvalue weighted by molar-refractivity contribution is 9.10. The molecule has 21 heavy (non-hydrogen) atoms. The van der Waals surface area contributed by atoms with Crippen molar-refractivity contribution in [3.63, 3.8) is 0 Å². The summed E-state index contributed by atoms with van der Waals surface area (Å²) in [4.78, 5) is 22.3. The third-order valence-corrected chi connectivity index (χ3v) is 3.53. The number of amides is 1. The summed E-state index contributed by atoms with van der Waals surface area (Å²) in [5.41, 5.74) is -0.466. The Bertz CT molecular complexity index is 487. The van der Waals surface area contributed by atoms with Crippen molar-refractivity contribution in [1.29, 1.82) is 0 Å². The van der Waals surface area contributed by atoms with E-state index in [9.17, 15) is 4.79 Å². The number of aromatic nitrogens is 2. The first-order chi connectivity index (χ1) is 9.85. The van der Waals surface area contributed by atoms with Crippen LogP contribution in [0.4, 0.5) is 10.7 Å². The van der Waals surface area contributed by atoms with Crippen molar-refractivity contribution in [2.75, 3.05) is 18.4 Å². The fourth-order valence-corrected chi connectivity index (χ4v) is 2.43. The van der Waals surface area contributed by atoms with Gasteiger partial charge in [-0.25, -0.2) is 14.8 Å². The van der Waals surface area contributed by atoms with Gasteiger partial charge in [-0.2, -0.15) is 0 Å². The van der Waals surface area contributed by atoms with Crippen LogP contribution in [0.1, 0.15) is 33.6 Å². The zero-order valence-electron chi connectivity index (χ0n) is 12.6. The summed E-state index contributed by atoms with van der Waals surface area (Å²) in [6.45, 7) is 7.00. The van der Waals surface area contributed by atoms with Crippen LogP contribution in [0.25, 0.3) is 0 Å².